The van der Waals surface area contributed by atoms with Crippen LogP contribution < -0.4 is 4.90 Å². The van der Waals surface area contributed by atoms with Crippen LogP contribution in [0, 0.1) is 0 Å². The molecule has 5 heterocycles. The van der Waals surface area contributed by atoms with Gasteiger partial charge in [0, 0.05) is 92.4 Å². The van der Waals surface area contributed by atoms with Crippen molar-refractivity contribution in [3.63, 3.8) is 0 Å². The Hall–Kier alpha value is -2.76. The SMILES string of the molecule is O=C(c1ccc2c(N3CCSCC3)ncnc2c1)N1CC(N2CCN(C(=O)c3nccs3)CC2)C1. The second-order valence-electron chi connectivity index (χ2n) is 9.06. The highest BCUT2D eigenvalue weighted by Gasteiger charge is 2.37. The smallest absolute Gasteiger partial charge is 0.282 e. The molecule has 2 amide bonds. The van der Waals surface area contributed by atoms with Crippen LogP contribution in [0.3, 0.4) is 0 Å². The lowest BCUT2D eigenvalue weighted by Crippen LogP contribution is -2.64. The Balaban J connectivity index is 1.06. The zero-order chi connectivity index (χ0) is 23.8. The predicted molar refractivity (Wildman–Crippen MR) is 138 cm³/mol. The largest absolute Gasteiger partial charge is 0.354 e. The number of rotatable bonds is 4. The number of likely N-dealkylation sites (tertiary alicyclic amines) is 1. The molecule has 2 aromatic heterocycles. The summed E-state index contributed by atoms with van der Waals surface area (Å²) in [7, 11) is 0. The van der Waals surface area contributed by atoms with Crippen molar-refractivity contribution in [3.8, 4) is 0 Å². The molecule has 0 saturated carbocycles. The van der Waals surface area contributed by atoms with Gasteiger partial charge in [-0.25, -0.2) is 15.0 Å². The fourth-order valence-corrected chi connectivity index (χ4v) is 6.50. The summed E-state index contributed by atoms with van der Waals surface area (Å²) in [6, 6.07) is 6.16. The van der Waals surface area contributed by atoms with Crippen molar-refractivity contribution >= 4 is 51.6 Å². The number of hydrogen-bond acceptors (Lipinski definition) is 9. The Bertz CT molecular complexity index is 1220. The summed E-state index contributed by atoms with van der Waals surface area (Å²) in [5, 5.41) is 3.39. The van der Waals surface area contributed by atoms with Crippen molar-refractivity contribution in [1.82, 2.24) is 29.7 Å². The Morgan fingerprint density at radius 2 is 1.69 bits per heavy atom. The van der Waals surface area contributed by atoms with Gasteiger partial charge in [-0.1, -0.05) is 0 Å². The van der Waals surface area contributed by atoms with E-state index in [-0.39, 0.29) is 11.8 Å². The van der Waals surface area contributed by atoms with Gasteiger partial charge in [0.15, 0.2) is 5.01 Å². The number of carbonyl (C=O) groups is 2. The molecule has 35 heavy (non-hydrogen) atoms. The number of thioether (sulfide) groups is 1. The highest BCUT2D eigenvalue weighted by atomic mass is 32.2. The van der Waals surface area contributed by atoms with E-state index >= 15 is 0 Å². The highest BCUT2D eigenvalue weighted by molar-refractivity contribution is 7.99. The molecule has 1 aromatic carbocycles. The summed E-state index contributed by atoms with van der Waals surface area (Å²) in [6.07, 6.45) is 3.27. The standard InChI is InChI=1S/C24H27N7O2S2/c32-23(17-1-2-19-20(13-17)26-16-27-21(19)29-8-11-34-12-9-29)31-14-18(15-31)28-4-6-30(7-5-28)24(33)22-25-3-10-35-22/h1-3,10,13,16,18H,4-9,11-12,14-15H2. The number of fused-ring (bicyclic) bond motifs is 1. The minimum Gasteiger partial charge on any atom is -0.354 e. The number of thiazole rings is 1. The number of piperazine rings is 1. The number of benzene rings is 1. The maximum Gasteiger partial charge on any atom is 0.282 e. The van der Waals surface area contributed by atoms with Crippen molar-refractivity contribution in [1.29, 1.82) is 0 Å². The number of amides is 2. The van der Waals surface area contributed by atoms with E-state index in [0.717, 1.165) is 67.5 Å². The van der Waals surface area contributed by atoms with E-state index in [9.17, 15) is 9.59 Å². The van der Waals surface area contributed by atoms with Gasteiger partial charge in [-0.15, -0.1) is 11.3 Å². The molecular formula is C24H27N7O2S2. The molecule has 3 aliphatic rings. The molecule has 9 nitrogen and oxygen atoms in total. The van der Waals surface area contributed by atoms with E-state index < -0.39 is 0 Å². The van der Waals surface area contributed by atoms with Crippen molar-refractivity contribution in [2.75, 3.05) is 68.8 Å². The van der Waals surface area contributed by atoms with Gasteiger partial charge in [0.2, 0.25) is 0 Å². The Labute approximate surface area is 212 Å². The first-order valence-electron chi connectivity index (χ1n) is 12.0. The Morgan fingerprint density at radius 3 is 2.43 bits per heavy atom. The van der Waals surface area contributed by atoms with E-state index in [1.807, 2.05) is 45.1 Å². The maximum atomic E-state index is 13.2. The quantitative estimate of drug-likeness (QED) is 0.528. The van der Waals surface area contributed by atoms with Crippen LogP contribution in [-0.4, -0.2) is 111 Å². The van der Waals surface area contributed by atoms with E-state index in [1.54, 1.807) is 12.5 Å². The van der Waals surface area contributed by atoms with E-state index in [2.05, 4.69) is 24.8 Å². The van der Waals surface area contributed by atoms with E-state index in [0.29, 0.717) is 29.7 Å². The van der Waals surface area contributed by atoms with Crippen LogP contribution in [0.2, 0.25) is 0 Å². The zero-order valence-electron chi connectivity index (χ0n) is 19.4. The molecule has 182 valence electrons. The lowest BCUT2D eigenvalue weighted by molar-refractivity contribution is 0.00854. The molecule has 6 rings (SSSR count). The van der Waals surface area contributed by atoms with Crippen LogP contribution in [-0.2, 0) is 0 Å². The van der Waals surface area contributed by atoms with Crippen LogP contribution in [0.1, 0.15) is 20.2 Å². The van der Waals surface area contributed by atoms with Gasteiger partial charge in [-0.2, -0.15) is 11.8 Å². The van der Waals surface area contributed by atoms with Gasteiger partial charge >= 0.3 is 0 Å². The molecule has 3 aliphatic heterocycles. The van der Waals surface area contributed by atoms with Crippen molar-refractivity contribution in [2.24, 2.45) is 0 Å². The molecule has 0 aliphatic carbocycles. The average Bonchev–Trinajstić information content (AvgIpc) is 3.43. The topological polar surface area (TPSA) is 85.8 Å². The van der Waals surface area contributed by atoms with Crippen molar-refractivity contribution < 1.29 is 9.59 Å². The van der Waals surface area contributed by atoms with Gasteiger partial charge in [0.05, 0.1) is 5.52 Å². The summed E-state index contributed by atoms with van der Waals surface area (Å²) in [4.78, 5) is 47.3. The van der Waals surface area contributed by atoms with Gasteiger partial charge in [-0.05, 0) is 18.2 Å². The first-order chi connectivity index (χ1) is 17.2. The fourth-order valence-electron chi connectivity index (χ4n) is 4.99. The molecule has 0 bridgehead atoms. The summed E-state index contributed by atoms with van der Waals surface area (Å²) in [5.41, 5.74) is 1.49. The van der Waals surface area contributed by atoms with Crippen LogP contribution in [0.25, 0.3) is 10.9 Å². The fraction of sp³-hybridized carbons (Fsp3) is 0.458. The molecule has 0 spiro atoms. The number of hydrogen-bond donors (Lipinski definition) is 0. The van der Waals surface area contributed by atoms with Crippen LogP contribution >= 0.6 is 23.1 Å². The number of nitrogens with zero attached hydrogens (tertiary/aromatic N) is 7. The third-order valence-electron chi connectivity index (χ3n) is 7.06. The monoisotopic (exact) mass is 509 g/mol. The molecule has 0 N–H and O–H groups in total. The van der Waals surface area contributed by atoms with Crippen LogP contribution in [0.15, 0.2) is 36.1 Å². The second-order valence-corrected chi connectivity index (χ2v) is 11.2. The van der Waals surface area contributed by atoms with Crippen molar-refractivity contribution in [2.45, 2.75) is 6.04 Å². The summed E-state index contributed by atoms with van der Waals surface area (Å²) in [5.74, 6) is 3.25. The lowest BCUT2D eigenvalue weighted by atomic mass is 10.0. The third kappa shape index (κ3) is 4.48. The lowest BCUT2D eigenvalue weighted by Gasteiger charge is -2.48. The molecular weight excluding hydrogens is 482 g/mol. The number of anilines is 1. The molecule has 0 unspecified atom stereocenters. The normalized spacial score (nSPS) is 19.7. The third-order valence-corrected chi connectivity index (χ3v) is 8.76. The molecule has 0 atom stereocenters. The average molecular weight is 510 g/mol. The van der Waals surface area contributed by atoms with Gasteiger partial charge in [-0.3, -0.25) is 14.5 Å². The highest BCUT2D eigenvalue weighted by Crippen LogP contribution is 2.27. The molecule has 3 fully saturated rings. The Morgan fingerprint density at radius 1 is 0.886 bits per heavy atom. The van der Waals surface area contributed by atoms with Gasteiger partial charge in [0.25, 0.3) is 11.8 Å². The van der Waals surface area contributed by atoms with Crippen LogP contribution in [0.4, 0.5) is 5.82 Å². The van der Waals surface area contributed by atoms with Gasteiger partial charge < -0.3 is 14.7 Å². The second kappa shape index (κ2) is 9.71. The minimum atomic E-state index is 0.0208. The summed E-state index contributed by atoms with van der Waals surface area (Å²) in [6.45, 7) is 6.47. The summed E-state index contributed by atoms with van der Waals surface area (Å²) >= 11 is 3.36. The van der Waals surface area contributed by atoms with E-state index in [1.165, 1.54) is 11.3 Å². The molecule has 11 heteroatoms. The van der Waals surface area contributed by atoms with E-state index in [4.69, 9.17) is 0 Å². The minimum absolute atomic E-state index is 0.0208. The summed E-state index contributed by atoms with van der Waals surface area (Å²) < 4.78 is 0. The molecule has 3 saturated heterocycles. The van der Waals surface area contributed by atoms with Crippen LogP contribution in [0.5, 0.6) is 0 Å². The van der Waals surface area contributed by atoms with Crippen molar-refractivity contribution in [3.05, 3.63) is 46.7 Å². The maximum absolute atomic E-state index is 13.2. The number of carbonyl (C=O) groups excluding carboxylic acids is 2. The number of aromatic nitrogens is 3. The predicted octanol–water partition coefficient (Wildman–Crippen LogP) is 1.92. The molecule has 3 aromatic rings. The first-order valence-corrected chi connectivity index (χ1v) is 14.0. The zero-order valence-corrected chi connectivity index (χ0v) is 21.0. The van der Waals surface area contributed by atoms with Gasteiger partial charge in [0.1, 0.15) is 12.1 Å². The first kappa shape index (κ1) is 22.7. The Kier molecular flexibility index (Phi) is 6.29. The molecule has 0 radical (unpaired) electrons.